The number of carbonyl (C=O) groups is 2. The van der Waals surface area contributed by atoms with E-state index in [1.54, 1.807) is 0 Å². The predicted molar refractivity (Wildman–Crippen MR) is 54.6 cm³/mol. The third-order valence-electron chi connectivity index (χ3n) is 3.51. The van der Waals surface area contributed by atoms with Gasteiger partial charge in [0.05, 0.1) is 6.42 Å². The lowest BCUT2D eigenvalue weighted by Gasteiger charge is -2.40. The zero-order valence-electron chi connectivity index (χ0n) is 9.03. The molecule has 1 aliphatic carbocycles. The van der Waals surface area contributed by atoms with Gasteiger partial charge in [0.15, 0.2) is 0 Å². The predicted octanol–water partition coefficient (Wildman–Crippen LogP) is 2.13. The molecule has 0 amide bonds. The molecule has 4 heteroatoms. The number of hydrogen-bond acceptors (Lipinski definition) is 2. The SMILES string of the molecule is C[C@@]1(CC(=O)O)CCCC[C@@H]1CC(=O)O. The summed E-state index contributed by atoms with van der Waals surface area (Å²) in [4.78, 5) is 21.5. The maximum absolute atomic E-state index is 10.8. The van der Waals surface area contributed by atoms with E-state index in [1.165, 1.54) is 0 Å². The van der Waals surface area contributed by atoms with Crippen molar-refractivity contribution >= 4 is 11.9 Å². The molecule has 1 aliphatic rings. The summed E-state index contributed by atoms with van der Waals surface area (Å²) in [6, 6.07) is 0. The van der Waals surface area contributed by atoms with E-state index in [4.69, 9.17) is 10.2 Å². The number of hydrogen-bond donors (Lipinski definition) is 2. The maximum atomic E-state index is 10.8. The van der Waals surface area contributed by atoms with Crippen LogP contribution in [0.15, 0.2) is 0 Å². The van der Waals surface area contributed by atoms with Gasteiger partial charge in [0.2, 0.25) is 0 Å². The molecule has 15 heavy (non-hydrogen) atoms. The topological polar surface area (TPSA) is 74.6 Å². The van der Waals surface area contributed by atoms with Crippen LogP contribution < -0.4 is 0 Å². The van der Waals surface area contributed by atoms with Gasteiger partial charge in [-0.15, -0.1) is 0 Å². The third-order valence-corrected chi connectivity index (χ3v) is 3.51. The average Bonchev–Trinajstić information content (AvgIpc) is 2.07. The lowest BCUT2D eigenvalue weighted by atomic mass is 9.64. The number of carboxylic acids is 2. The fraction of sp³-hybridized carbons (Fsp3) is 0.818. The van der Waals surface area contributed by atoms with Crippen LogP contribution in [0.1, 0.15) is 45.4 Å². The summed E-state index contributed by atoms with van der Waals surface area (Å²) in [5.41, 5.74) is -0.331. The fourth-order valence-electron chi connectivity index (χ4n) is 2.61. The Labute approximate surface area is 89.3 Å². The molecule has 4 nitrogen and oxygen atoms in total. The van der Waals surface area contributed by atoms with Crippen molar-refractivity contribution in [1.82, 2.24) is 0 Å². The lowest BCUT2D eigenvalue weighted by molar-refractivity contribution is -0.145. The Hall–Kier alpha value is -1.06. The lowest BCUT2D eigenvalue weighted by Crippen LogP contribution is -2.34. The van der Waals surface area contributed by atoms with Crippen molar-refractivity contribution < 1.29 is 19.8 Å². The molecule has 0 aromatic carbocycles. The maximum Gasteiger partial charge on any atom is 0.303 e. The molecule has 1 fully saturated rings. The molecule has 2 N–H and O–H groups in total. The monoisotopic (exact) mass is 214 g/mol. The minimum absolute atomic E-state index is 0.0137. The first-order valence-electron chi connectivity index (χ1n) is 5.37. The van der Waals surface area contributed by atoms with E-state index in [1.807, 2.05) is 6.92 Å². The summed E-state index contributed by atoms with van der Waals surface area (Å²) < 4.78 is 0. The van der Waals surface area contributed by atoms with Crippen molar-refractivity contribution in [3.63, 3.8) is 0 Å². The summed E-state index contributed by atoms with van der Waals surface area (Å²) in [5, 5.41) is 17.6. The van der Waals surface area contributed by atoms with Gasteiger partial charge in [-0.2, -0.15) is 0 Å². The molecular formula is C11H18O4. The first-order chi connectivity index (χ1) is 6.94. The van der Waals surface area contributed by atoms with Crippen LogP contribution in [-0.2, 0) is 9.59 Å². The van der Waals surface area contributed by atoms with Crippen LogP contribution in [0, 0.1) is 11.3 Å². The molecule has 0 heterocycles. The second-order valence-corrected chi connectivity index (χ2v) is 4.77. The Morgan fingerprint density at radius 1 is 1.27 bits per heavy atom. The van der Waals surface area contributed by atoms with Crippen LogP contribution in [0.5, 0.6) is 0 Å². The molecule has 0 radical (unpaired) electrons. The van der Waals surface area contributed by atoms with Gasteiger partial charge < -0.3 is 10.2 Å². The van der Waals surface area contributed by atoms with Gasteiger partial charge >= 0.3 is 11.9 Å². The van der Waals surface area contributed by atoms with Gasteiger partial charge in [-0.05, 0) is 24.2 Å². The number of aliphatic carboxylic acids is 2. The van der Waals surface area contributed by atoms with Crippen molar-refractivity contribution in [2.24, 2.45) is 11.3 Å². The molecule has 1 saturated carbocycles. The highest BCUT2D eigenvalue weighted by molar-refractivity contribution is 5.69. The highest BCUT2D eigenvalue weighted by Crippen LogP contribution is 2.45. The van der Waals surface area contributed by atoms with Gasteiger partial charge in [0.25, 0.3) is 0 Å². The Kier molecular flexibility index (Phi) is 3.72. The molecule has 0 saturated heterocycles. The van der Waals surface area contributed by atoms with Crippen LogP contribution >= 0.6 is 0 Å². The molecule has 2 atom stereocenters. The first kappa shape index (κ1) is 12.0. The summed E-state index contributed by atoms with van der Waals surface area (Å²) >= 11 is 0. The fourth-order valence-corrected chi connectivity index (χ4v) is 2.61. The standard InChI is InChI=1S/C11H18O4/c1-11(7-10(14)15)5-3-2-4-8(11)6-9(12)13/h8H,2-7H2,1H3,(H,12,13)(H,14,15)/t8-,11+/m1/s1. The zero-order chi connectivity index (χ0) is 11.5. The smallest absolute Gasteiger partial charge is 0.303 e. The summed E-state index contributed by atoms with van der Waals surface area (Å²) in [7, 11) is 0. The normalized spacial score (nSPS) is 31.1. The molecular weight excluding hydrogens is 196 g/mol. The van der Waals surface area contributed by atoms with E-state index < -0.39 is 11.9 Å². The molecule has 0 aromatic heterocycles. The van der Waals surface area contributed by atoms with Crippen molar-refractivity contribution in [2.45, 2.75) is 45.4 Å². The van der Waals surface area contributed by atoms with Gasteiger partial charge in [-0.25, -0.2) is 0 Å². The molecule has 0 unspecified atom stereocenters. The summed E-state index contributed by atoms with van der Waals surface area (Å²) in [6.07, 6.45) is 3.90. The Morgan fingerprint density at radius 2 is 1.93 bits per heavy atom. The van der Waals surface area contributed by atoms with Crippen LogP contribution in [0.3, 0.4) is 0 Å². The quantitative estimate of drug-likeness (QED) is 0.751. The van der Waals surface area contributed by atoms with Gasteiger partial charge in [0, 0.05) is 6.42 Å². The molecule has 0 aliphatic heterocycles. The molecule has 0 spiro atoms. The number of rotatable bonds is 4. The molecule has 0 bridgehead atoms. The van der Waals surface area contributed by atoms with E-state index in [2.05, 4.69) is 0 Å². The van der Waals surface area contributed by atoms with Gasteiger partial charge in [0.1, 0.15) is 0 Å². The van der Waals surface area contributed by atoms with E-state index in [0.717, 1.165) is 25.7 Å². The second kappa shape index (κ2) is 4.64. The van der Waals surface area contributed by atoms with Gasteiger partial charge in [-0.3, -0.25) is 9.59 Å². The second-order valence-electron chi connectivity index (χ2n) is 4.77. The van der Waals surface area contributed by atoms with E-state index in [0.29, 0.717) is 0 Å². The van der Waals surface area contributed by atoms with Crippen molar-refractivity contribution in [2.75, 3.05) is 0 Å². The Morgan fingerprint density at radius 3 is 2.47 bits per heavy atom. The largest absolute Gasteiger partial charge is 0.481 e. The van der Waals surface area contributed by atoms with E-state index in [-0.39, 0.29) is 24.2 Å². The minimum Gasteiger partial charge on any atom is -0.481 e. The van der Waals surface area contributed by atoms with Crippen molar-refractivity contribution in [1.29, 1.82) is 0 Å². The molecule has 1 rings (SSSR count). The van der Waals surface area contributed by atoms with Crippen LogP contribution in [-0.4, -0.2) is 22.2 Å². The summed E-state index contributed by atoms with van der Waals surface area (Å²) in [6.45, 7) is 1.91. The van der Waals surface area contributed by atoms with Crippen molar-refractivity contribution in [3.05, 3.63) is 0 Å². The number of carboxylic acid groups (broad SMARTS) is 2. The molecule has 86 valence electrons. The highest BCUT2D eigenvalue weighted by atomic mass is 16.4. The minimum atomic E-state index is -0.824. The Bertz CT molecular complexity index is 261. The van der Waals surface area contributed by atoms with Crippen molar-refractivity contribution in [3.8, 4) is 0 Å². The third kappa shape index (κ3) is 3.22. The van der Waals surface area contributed by atoms with Crippen LogP contribution in [0.2, 0.25) is 0 Å². The van der Waals surface area contributed by atoms with E-state index in [9.17, 15) is 9.59 Å². The van der Waals surface area contributed by atoms with E-state index >= 15 is 0 Å². The molecule has 0 aromatic rings. The highest BCUT2D eigenvalue weighted by Gasteiger charge is 2.39. The Balaban J connectivity index is 2.71. The van der Waals surface area contributed by atoms with Gasteiger partial charge in [-0.1, -0.05) is 19.8 Å². The first-order valence-corrected chi connectivity index (χ1v) is 5.37. The zero-order valence-corrected chi connectivity index (χ0v) is 9.03. The van der Waals surface area contributed by atoms with Crippen LogP contribution in [0.4, 0.5) is 0 Å². The average molecular weight is 214 g/mol. The summed E-state index contributed by atoms with van der Waals surface area (Å²) in [5.74, 6) is -1.63. The van der Waals surface area contributed by atoms with Crippen LogP contribution in [0.25, 0.3) is 0 Å².